The normalized spacial score (nSPS) is 13.8. The Hall–Kier alpha value is -3.06. The van der Waals surface area contributed by atoms with Crippen molar-refractivity contribution in [1.29, 1.82) is 0 Å². The van der Waals surface area contributed by atoms with Gasteiger partial charge in [0, 0.05) is 38.6 Å². The summed E-state index contributed by atoms with van der Waals surface area (Å²) in [6.45, 7) is 2.78. The first-order chi connectivity index (χ1) is 13.0. The zero-order chi connectivity index (χ0) is 19.2. The van der Waals surface area contributed by atoms with Crippen molar-refractivity contribution in [2.75, 3.05) is 60.8 Å². The summed E-state index contributed by atoms with van der Waals surface area (Å²) in [6, 6.07) is 14.7. The van der Waals surface area contributed by atoms with Crippen LogP contribution in [0.15, 0.2) is 48.5 Å². The van der Waals surface area contributed by atoms with Gasteiger partial charge in [0.2, 0.25) is 0 Å². The molecular weight excluding hydrogens is 344 g/mol. The van der Waals surface area contributed by atoms with Crippen molar-refractivity contribution in [2.45, 2.75) is 0 Å². The lowest BCUT2D eigenvalue weighted by molar-refractivity contribution is -0.132. The van der Waals surface area contributed by atoms with E-state index in [2.05, 4.69) is 15.5 Å². The number of nitrogens with zero attached hydrogens (tertiary/aromatic N) is 2. The van der Waals surface area contributed by atoms with Crippen LogP contribution in [0.4, 0.5) is 22.7 Å². The lowest BCUT2D eigenvalue weighted by Gasteiger charge is -2.30. The molecule has 2 aromatic rings. The van der Waals surface area contributed by atoms with Gasteiger partial charge in [0.25, 0.3) is 0 Å². The molecule has 0 bridgehead atoms. The topological polar surface area (TPSA) is 73.9 Å². The predicted molar refractivity (Wildman–Crippen MR) is 108 cm³/mol. The smallest absolute Gasteiger partial charge is 0.314 e. The monoisotopic (exact) mass is 368 g/mol. The quantitative estimate of drug-likeness (QED) is 0.809. The number of anilines is 4. The van der Waals surface area contributed by atoms with Gasteiger partial charge in [-0.05, 0) is 36.4 Å². The zero-order valence-electron chi connectivity index (χ0n) is 15.6. The number of ether oxygens (including phenoxy) is 1. The fraction of sp³-hybridized carbons (Fsp3) is 0.300. The molecule has 7 nitrogen and oxygen atoms in total. The third-order valence-corrected chi connectivity index (χ3v) is 4.35. The number of rotatable bonds is 4. The molecule has 7 heteroatoms. The van der Waals surface area contributed by atoms with Gasteiger partial charge in [0.1, 0.15) is 0 Å². The van der Waals surface area contributed by atoms with Crippen LogP contribution in [0.5, 0.6) is 0 Å². The minimum absolute atomic E-state index is 0.571. The van der Waals surface area contributed by atoms with E-state index in [-0.39, 0.29) is 0 Å². The van der Waals surface area contributed by atoms with Gasteiger partial charge in [-0.1, -0.05) is 12.1 Å². The summed E-state index contributed by atoms with van der Waals surface area (Å²) in [5.74, 6) is -1.41. The van der Waals surface area contributed by atoms with Crippen LogP contribution in [0.3, 0.4) is 0 Å². The van der Waals surface area contributed by atoms with Crippen LogP contribution < -0.4 is 20.4 Å². The number of carbonyl (C=O) groups is 2. The van der Waals surface area contributed by atoms with Gasteiger partial charge in [-0.25, -0.2) is 0 Å². The number of carbonyl (C=O) groups excluding carboxylic acids is 2. The van der Waals surface area contributed by atoms with Gasteiger partial charge in [-0.2, -0.15) is 0 Å². The number of morpholine rings is 1. The van der Waals surface area contributed by atoms with Crippen molar-refractivity contribution < 1.29 is 14.3 Å². The molecule has 1 aliphatic rings. The third-order valence-electron chi connectivity index (χ3n) is 4.35. The zero-order valence-corrected chi connectivity index (χ0v) is 15.6. The number of para-hydroxylation sites is 2. The van der Waals surface area contributed by atoms with Gasteiger partial charge < -0.3 is 25.2 Å². The van der Waals surface area contributed by atoms with E-state index in [1.807, 2.05) is 49.3 Å². The molecule has 1 fully saturated rings. The summed E-state index contributed by atoms with van der Waals surface area (Å²) in [4.78, 5) is 28.7. The van der Waals surface area contributed by atoms with Gasteiger partial charge >= 0.3 is 11.8 Å². The maximum absolute atomic E-state index is 12.4. The Morgan fingerprint density at radius 1 is 0.926 bits per heavy atom. The van der Waals surface area contributed by atoms with E-state index in [9.17, 15) is 9.59 Å². The molecule has 3 rings (SSSR count). The van der Waals surface area contributed by atoms with Crippen molar-refractivity contribution in [3.05, 3.63) is 48.5 Å². The summed E-state index contributed by atoms with van der Waals surface area (Å²) in [5, 5.41) is 5.34. The maximum Gasteiger partial charge on any atom is 0.314 e. The average Bonchev–Trinajstić information content (AvgIpc) is 2.69. The van der Waals surface area contributed by atoms with E-state index in [0.29, 0.717) is 24.6 Å². The van der Waals surface area contributed by atoms with Crippen molar-refractivity contribution in [2.24, 2.45) is 0 Å². The molecule has 0 saturated carbocycles. The summed E-state index contributed by atoms with van der Waals surface area (Å²) in [7, 11) is 3.87. The molecule has 0 unspecified atom stereocenters. The number of amides is 2. The molecule has 1 aliphatic heterocycles. The highest BCUT2D eigenvalue weighted by Gasteiger charge is 2.19. The molecule has 1 saturated heterocycles. The summed E-state index contributed by atoms with van der Waals surface area (Å²) < 4.78 is 5.37. The highest BCUT2D eigenvalue weighted by molar-refractivity contribution is 6.43. The van der Waals surface area contributed by atoms with E-state index in [0.717, 1.165) is 24.5 Å². The predicted octanol–water partition coefficient (Wildman–Crippen LogP) is 2.17. The van der Waals surface area contributed by atoms with Crippen molar-refractivity contribution in [1.82, 2.24) is 0 Å². The van der Waals surface area contributed by atoms with Gasteiger partial charge in [-0.3, -0.25) is 9.59 Å². The molecule has 0 aliphatic carbocycles. The standard InChI is InChI=1S/C20H24N4O3/c1-23(2)16-9-7-15(8-10-16)21-19(25)20(26)22-17-5-3-4-6-18(17)24-11-13-27-14-12-24/h3-10H,11-14H2,1-2H3,(H,21,25)(H,22,26). The first kappa shape index (κ1) is 18.7. The Bertz CT molecular complexity index is 799. The second kappa shape index (κ2) is 8.55. The van der Waals surface area contributed by atoms with Crippen LogP contribution in [0.2, 0.25) is 0 Å². The van der Waals surface area contributed by atoms with E-state index < -0.39 is 11.8 Å². The SMILES string of the molecule is CN(C)c1ccc(NC(=O)C(=O)Nc2ccccc2N2CCOCC2)cc1. The van der Waals surface area contributed by atoms with E-state index in [1.165, 1.54) is 0 Å². The van der Waals surface area contributed by atoms with Crippen LogP contribution in [0.25, 0.3) is 0 Å². The fourth-order valence-electron chi connectivity index (χ4n) is 2.87. The fourth-order valence-corrected chi connectivity index (χ4v) is 2.87. The average molecular weight is 368 g/mol. The van der Waals surface area contributed by atoms with Crippen LogP contribution in [0, 0.1) is 0 Å². The number of hydrogen-bond donors (Lipinski definition) is 2. The van der Waals surface area contributed by atoms with Gasteiger partial charge in [0.05, 0.1) is 24.6 Å². The molecule has 142 valence electrons. The lowest BCUT2D eigenvalue weighted by atomic mass is 10.2. The second-order valence-corrected chi connectivity index (χ2v) is 6.47. The molecule has 0 atom stereocenters. The summed E-state index contributed by atoms with van der Waals surface area (Å²) in [6.07, 6.45) is 0. The molecule has 0 radical (unpaired) electrons. The van der Waals surface area contributed by atoms with Crippen molar-refractivity contribution in [3.63, 3.8) is 0 Å². The van der Waals surface area contributed by atoms with Crippen LogP contribution in [-0.4, -0.2) is 52.2 Å². The Balaban J connectivity index is 1.65. The van der Waals surface area contributed by atoms with Crippen LogP contribution in [0.1, 0.15) is 0 Å². The molecular formula is C20H24N4O3. The van der Waals surface area contributed by atoms with E-state index in [4.69, 9.17) is 4.74 Å². The maximum atomic E-state index is 12.4. The second-order valence-electron chi connectivity index (χ2n) is 6.47. The summed E-state index contributed by atoms with van der Waals surface area (Å²) >= 11 is 0. The molecule has 0 spiro atoms. The molecule has 2 N–H and O–H groups in total. The van der Waals surface area contributed by atoms with Crippen molar-refractivity contribution >= 4 is 34.6 Å². The molecule has 0 aromatic heterocycles. The Kier molecular flexibility index (Phi) is 5.93. The van der Waals surface area contributed by atoms with Gasteiger partial charge in [-0.15, -0.1) is 0 Å². The van der Waals surface area contributed by atoms with E-state index >= 15 is 0 Å². The Morgan fingerprint density at radius 3 is 2.22 bits per heavy atom. The number of benzene rings is 2. The lowest BCUT2D eigenvalue weighted by Crippen LogP contribution is -2.37. The molecule has 1 heterocycles. The number of nitrogens with one attached hydrogen (secondary N) is 2. The molecule has 2 amide bonds. The largest absolute Gasteiger partial charge is 0.378 e. The van der Waals surface area contributed by atoms with Crippen molar-refractivity contribution in [3.8, 4) is 0 Å². The van der Waals surface area contributed by atoms with E-state index in [1.54, 1.807) is 18.2 Å². The Morgan fingerprint density at radius 2 is 1.56 bits per heavy atom. The first-order valence-electron chi connectivity index (χ1n) is 8.86. The summed E-state index contributed by atoms with van der Waals surface area (Å²) in [5.41, 5.74) is 3.08. The Labute approximate surface area is 158 Å². The van der Waals surface area contributed by atoms with Crippen LogP contribution in [-0.2, 0) is 14.3 Å². The first-order valence-corrected chi connectivity index (χ1v) is 8.86. The third kappa shape index (κ3) is 4.77. The highest BCUT2D eigenvalue weighted by atomic mass is 16.5. The number of hydrogen-bond acceptors (Lipinski definition) is 5. The minimum Gasteiger partial charge on any atom is -0.378 e. The van der Waals surface area contributed by atoms with Gasteiger partial charge in [0.15, 0.2) is 0 Å². The van der Waals surface area contributed by atoms with Crippen LogP contribution >= 0.6 is 0 Å². The highest BCUT2D eigenvalue weighted by Crippen LogP contribution is 2.26. The minimum atomic E-state index is -0.704. The molecule has 2 aromatic carbocycles. The molecule has 27 heavy (non-hydrogen) atoms.